The van der Waals surface area contributed by atoms with Crippen LogP contribution in [0, 0.1) is 0 Å². The number of thiazole rings is 1. The summed E-state index contributed by atoms with van der Waals surface area (Å²) >= 11 is 1.61. The smallest absolute Gasteiger partial charge is 0.163 e. The fraction of sp³-hybridized carbons (Fsp3) is 0. The molecule has 0 amide bonds. The Labute approximate surface area is 136 Å². The minimum absolute atomic E-state index is 0.655. The van der Waals surface area contributed by atoms with Crippen molar-refractivity contribution >= 4 is 33.6 Å². The zero-order valence-corrected chi connectivity index (χ0v) is 12.8. The minimum Gasteiger partial charge on any atom is -0.453 e. The van der Waals surface area contributed by atoms with Gasteiger partial charge >= 0.3 is 0 Å². The molecule has 6 heteroatoms. The van der Waals surface area contributed by atoms with Gasteiger partial charge in [-0.2, -0.15) is 5.10 Å². The number of furan rings is 1. The number of fused-ring (bicyclic) bond motifs is 1. The lowest BCUT2D eigenvalue weighted by Gasteiger charge is -1.95. The first kappa shape index (κ1) is 13.7. The lowest BCUT2D eigenvalue weighted by atomic mass is 10.3. The Balaban J connectivity index is 1.52. The largest absolute Gasteiger partial charge is 0.453 e. The summed E-state index contributed by atoms with van der Waals surface area (Å²) in [6, 6.07) is 17.4. The standard InChI is InChI=1S/C17H12N4OS/c1-2-6-15-13(5-1)20-17(23-15)14-9-8-12(22-14)11-19-21-16-7-3-4-10-18-16/h1-11H,(H,18,21)/b19-11-. The second-order valence-electron chi connectivity index (χ2n) is 4.77. The normalized spacial score (nSPS) is 11.3. The Morgan fingerprint density at radius 2 is 1.96 bits per heavy atom. The molecule has 0 aliphatic heterocycles. The molecule has 0 atom stereocenters. The first-order chi connectivity index (χ1) is 11.4. The van der Waals surface area contributed by atoms with Crippen LogP contribution in [0.5, 0.6) is 0 Å². The Kier molecular flexibility index (Phi) is 3.57. The number of nitrogens with one attached hydrogen (secondary N) is 1. The van der Waals surface area contributed by atoms with Crippen LogP contribution in [0.15, 0.2) is 70.3 Å². The highest BCUT2D eigenvalue weighted by atomic mass is 32.1. The van der Waals surface area contributed by atoms with Crippen molar-refractivity contribution in [1.82, 2.24) is 9.97 Å². The Bertz CT molecular complexity index is 926. The molecule has 0 unspecified atom stereocenters. The molecule has 1 aromatic carbocycles. The molecule has 23 heavy (non-hydrogen) atoms. The Morgan fingerprint density at radius 3 is 2.83 bits per heavy atom. The van der Waals surface area contributed by atoms with Crippen LogP contribution in [0.4, 0.5) is 5.82 Å². The predicted molar refractivity (Wildman–Crippen MR) is 92.8 cm³/mol. The van der Waals surface area contributed by atoms with Gasteiger partial charge in [-0.1, -0.05) is 18.2 Å². The van der Waals surface area contributed by atoms with Crippen molar-refractivity contribution < 1.29 is 4.42 Å². The maximum absolute atomic E-state index is 5.78. The molecule has 3 heterocycles. The molecular formula is C17H12N4OS. The molecule has 112 valence electrons. The Morgan fingerprint density at radius 1 is 1.04 bits per heavy atom. The van der Waals surface area contributed by atoms with Crippen LogP contribution in [0.3, 0.4) is 0 Å². The number of nitrogens with zero attached hydrogens (tertiary/aromatic N) is 3. The van der Waals surface area contributed by atoms with E-state index in [1.54, 1.807) is 23.7 Å². The summed E-state index contributed by atoms with van der Waals surface area (Å²) in [4.78, 5) is 8.70. The second-order valence-corrected chi connectivity index (χ2v) is 5.80. The molecule has 0 saturated heterocycles. The highest BCUT2D eigenvalue weighted by molar-refractivity contribution is 7.21. The fourth-order valence-electron chi connectivity index (χ4n) is 2.11. The van der Waals surface area contributed by atoms with Gasteiger partial charge in [-0.25, -0.2) is 9.97 Å². The molecule has 1 N–H and O–H groups in total. The SMILES string of the molecule is C(=N/Nc1ccccn1)/c1ccc(-c2nc3ccccc3s2)o1. The number of benzene rings is 1. The summed E-state index contributed by atoms with van der Waals surface area (Å²) in [5.74, 6) is 2.08. The number of pyridine rings is 1. The van der Waals surface area contributed by atoms with Gasteiger partial charge < -0.3 is 4.42 Å². The molecule has 0 radical (unpaired) electrons. The third-order valence-electron chi connectivity index (χ3n) is 3.17. The van der Waals surface area contributed by atoms with Gasteiger partial charge in [0.25, 0.3) is 0 Å². The number of para-hydroxylation sites is 1. The number of hydrazone groups is 1. The van der Waals surface area contributed by atoms with E-state index >= 15 is 0 Å². The highest BCUT2D eigenvalue weighted by Crippen LogP contribution is 2.30. The zero-order chi connectivity index (χ0) is 15.5. The van der Waals surface area contributed by atoms with Crippen LogP contribution in [-0.4, -0.2) is 16.2 Å². The molecule has 3 aromatic heterocycles. The van der Waals surface area contributed by atoms with Crippen molar-refractivity contribution in [1.29, 1.82) is 0 Å². The summed E-state index contributed by atoms with van der Waals surface area (Å²) in [5.41, 5.74) is 3.83. The number of aromatic nitrogens is 2. The second kappa shape index (κ2) is 6.02. The first-order valence-electron chi connectivity index (χ1n) is 7.04. The van der Waals surface area contributed by atoms with Crippen molar-refractivity contribution in [3.63, 3.8) is 0 Å². The van der Waals surface area contributed by atoms with E-state index in [2.05, 4.69) is 26.6 Å². The van der Waals surface area contributed by atoms with Crippen molar-refractivity contribution in [3.8, 4) is 10.8 Å². The maximum Gasteiger partial charge on any atom is 0.163 e. The molecule has 0 bridgehead atoms. The first-order valence-corrected chi connectivity index (χ1v) is 7.86. The third kappa shape index (κ3) is 2.97. The lowest BCUT2D eigenvalue weighted by molar-refractivity contribution is 0.574. The van der Waals surface area contributed by atoms with Crippen LogP contribution in [0.1, 0.15) is 5.76 Å². The van der Waals surface area contributed by atoms with Gasteiger partial charge in [0.1, 0.15) is 11.6 Å². The van der Waals surface area contributed by atoms with Gasteiger partial charge in [0, 0.05) is 6.20 Å². The summed E-state index contributed by atoms with van der Waals surface area (Å²) in [7, 11) is 0. The van der Waals surface area contributed by atoms with Crippen LogP contribution in [-0.2, 0) is 0 Å². The van der Waals surface area contributed by atoms with E-state index in [1.165, 1.54) is 0 Å². The van der Waals surface area contributed by atoms with E-state index in [0.29, 0.717) is 11.6 Å². The van der Waals surface area contributed by atoms with Gasteiger partial charge in [0.2, 0.25) is 0 Å². The molecule has 5 nitrogen and oxygen atoms in total. The molecular weight excluding hydrogens is 308 g/mol. The van der Waals surface area contributed by atoms with E-state index < -0.39 is 0 Å². The molecule has 4 aromatic rings. The van der Waals surface area contributed by atoms with E-state index in [1.807, 2.05) is 48.5 Å². The van der Waals surface area contributed by atoms with Crippen LogP contribution in [0.2, 0.25) is 0 Å². The third-order valence-corrected chi connectivity index (χ3v) is 4.22. The van der Waals surface area contributed by atoms with Crippen LogP contribution >= 0.6 is 11.3 Å². The monoisotopic (exact) mass is 320 g/mol. The molecule has 0 spiro atoms. The predicted octanol–water partition coefficient (Wildman–Crippen LogP) is 4.40. The Hall–Kier alpha value is -2.99. The molecule has 0 aliphatic carbocycles. The number of anilines is 1. The highest BCUT2D eigenvalue weighted by Gasteiger charge is 2.09. The van der Waals surface area contributed by atoms with E-state index in [4.69, 9.17) is 4.42 Å². The summed E-state index contributed by atoms with van der Waals surface area (Å²) in [6.07, 6.45) is 3.32. The summed E-state index contributed by atoms with van der Waals surface area (Å²) in [6.45, 7) is 0. The van der Waals surface area contributed by atoms with E-state index in [0.717, 1.165) is 21.0 Å². The van der Waals surface area contributed by atoms with Crippen molar-refractivity contribution in [2.75, 3.05) is 5.43 Å². The topological polar surface area (TPSA) is 63.3 Å². The van der Waals surface area contributed by atoms with Crippen LogP contribution < -0.4 is 5.43 Å². The van der Waals surface area contributed by atoms with Gasteiger partial charge in [0.15, 0.2) is 10.8 Å². The zero-order valence-electron chi connectivity index (χ0n) is 12.0. The quantitative estimate of drug-likeness (QED) is 0.447. The van der Waals surface area contributed by atoms with Gasteiger partial charge in [-0.05, 0) is 36.4 Å². The summed E-state index contributed by atoms with van der Waals surface area (Å²) in [5, 5.41) is 4.98. The fourth-order valence-corrected chi connectivity index (χ4v) is 3.03. The molecule has 4 rings (SSSR count). The molecule has 0 aliphatic rings. The van der Waals surface area contributed by atoms with Crippen molar-refractivity contribution in [2.24, 2.45) is 5.10 Å². The minimum atomic E-state index is 0.655. The number of hydrogen-bond donors (Lipinski definition) is 1. The molecule has 0 saturated carbocycles. The van der Waals surface area contributed by atoms with Crippen LogP contribution in [0.25, 0.3) is 21.0 Å². The molecule has 0 fully saturated rings. The lowest BCUT2D eigenvalue weighted by Crippen LogP contribution is -1.91. The van der Waals surface area contributed by atoms with Crippen molar-refractivity contribution in [2.45, 2.75) is 0 Å². The maximum atomic E-state index is 5.78. The average Bonchev–Trinajstić information content (AvgIpc) is 3.22. The van der Waals surface area contributed by atoms with Gasteiger partial charge in [-0.15, -0.1) is 11.3 Å². The average molecular weight is 320 g/mol. The van der Waals surface area contributed by atoms with Gasteiger partial charge in [0.05, 0.1) is 16.4 Å². The van der Waals surface area contributed by atoms with Crippen molar-refractivity contribution in [3.05, 3.63) is 66.6 Å². The van der Waals surface area contributed by atoms with Gasteiger partial charge in [-0.3, -0.25) is 5.43 Å². The van der Waals surface area contributed by atoms with E-state index in [9.17, 15) is 0 Å². The summed E-state index contributed by atoms with van der Waals surface area (Å²) < 4.78 is 6.92. The number of rotatable bonds is 4. The van der Waals surface area contributed by atoms with E-state index in [-0.39, 0.29) is 0 Å². The number of hydrogen-bond acceptors (Lipinski definition) is 6.